The first-order chi connectivity index (χ1) is 9.34. The van der Waals surface area contributed by atoms with Crippen molar-refractivity contribution < 1.29 is 13.2 Å². The van der Waals surface area contributed by atoms with Gasteiger partial charge in [0, 0.05) is 19.0 Å². The van der Waals surface area contributed by atoms with Gasteiger partial charge < -0.3 is 10.6 Å². The molecule has 1 amide bonds. The molecule has 0 radical (unpaired) electrons. The van der Waals surface area contributed by atoms with Crippen LogP contribution in [0, 0.1) is 5.92 Å². The lowest BCUT2D eigenvalue weighted by Crippen LogP contribution is -2.35. The second-order valence-electron chi connectivity index (χ2n) is 4.69. The average Bonchev–Trinajstić information content (AvgIpc) is 2.38. The zero-order chi connectivity index (χ0) is 15.2. The van der Waals surface area contributed by atoms with Crippen molar-refractivity contribution in [2.75, 3.05) is 20.1 Å². The molecule has 1 atom stereocenters. The largest absolute Gasteiger partial charge is 0.355 e. The Morgan fingerprint density at radius 3 is 2.33 bits per heavy atom. The van der Waals surface area contributed by atoms with Crippen molar-refractivity contribution in [2.24, 2.45) is 11.1 Å². The Balaban J connectivity index is 0.00000400. The molecule has 1 aromatic carbocycles. The molecular formula is C13H22ClN3O3S. The maximum atomic E-state index is 11.7. The van der Waals surface area contributed by atoms with Crippen LogP contribution in [0.3, 0.4) is 0 Å². The Labute approximate surface area is 132 Å². The van der Waals surface area contributed by atoms with E-state index in [9.17, 15) is 13.2 Å². The highest BCUT2D eigenvalue weighted by Gasteiger charge is 2.11. The van der Waals surface area contributed by atoms with Gasteiger partial charge in [0.15, 0.2) is 0 Å². The Morgan fingerprint density at radius 1 is 1.29 bits per heavy atom. The van der Waals surface area contributed by atoms with E-state index in [-0.39, 0.29) is 29.1 Å². The first kappa shape index (κ1) is 19.9. The van der Waals surface area contributed by atoms with E-state index in [1.165, 1.54) is 12.1 Å². The number of amides is 1. The van der Waals surface area contributed by atoms with Crippen LogP contribution in [-0.4, -0.2) is 34.5 Å². The van der Waals surface area contributed by atoms with Crippen LogP contribution in [0.1, 0.15) is 12.5 Å². The Morgan fingerprint density at radius 2 is 1.86 bits per heavy atom. The van der Waals surface area contributed by atoms with Crippen molar-refractivity contribution in [1.82, 2.24) is 10.6 Å². The molecule has 6 nitrogen and oxygen atoms in total. The van der Waals surface area contributed by atoms with Crippen molar-refractivity contribution >= 4 is 28.3 Å². The molecule has 0 heterocycles. The summed E-state index contributed by atoms with van der Waals surface area (Å²) in [4.78, 5) is 11.8. The Kier molecular flexibility index (Phi) is 8.50. The van der Waals surface area contributed by atoms with Gasteiger partial charge in [0.05, 0.1) is 4.90 Å². The van der Waals surface area contributed by atoms with E-state index in [0.29, 0.717) is 19.5 Å². The molecule has 4 N–H and O–H groups in total. The fourth-order valence-electron chi connectivity index (χ4n) is 1.75. The standard InChI is InChI=1S/C13H21N3O3S.ClH/c1-10(9-15-2)13(17)16-8-7-11-3-5-12(6-4-11)20(14,18)19;/h3-6,10,15H,7-9H2,1-2H3,(H,16,17)(H2,14,18,19);1H. The quantitative estimate of drug-likeness (QED) is 0.665. The van der Waals surface area contributed by atoms with Gasteiger partial charge in [0.2, 0.25) is 15.9 Å². The molecular weight excluding hydrogens is 314 g/mol. The first-order valence-corrected chi connectivity index (χ1v) is 7.93. The second kappa shape index (κ2) is 8.99. The van der Waals surface area contributed by atoms with Gasteiger partial charge in [-0.3, -0.25) is 4.79 Å². The Hall–Kier alpha value is -1.15. The summed E-state index contributed by atoms with van der Waals surface area (Å²) < 4.78 is 22.2. The lowest BCUT2D eigenvalue weighted by Gasteiger charge is -2.11. The number of primary sulfonamides is 1. The molecule has 0 bridgehead atoms. The van der Waals surface area contributed by atoms with Crippen LogP contribution in [0.5, 0.6) is 0 Å². The van der Waals surface area contributed by atoms with E-state index in [4.69, 9.17) is 5.14 Å². The number of nitrogens with one attached hydrogen (secondary N) is 2. The third-order valence-corrected chi connectivity index (χ3v) is 3.85. The van der Waals surface area contributed by atoms with Gasteiger partial charge in [-0.15, -0.1) is 12.4 Å². The molecule has 8 heteroatoms. The molecule has 0 spiro atoms. The fourth-order valence-corrected chi connectivity index (χ4v) is 2.26. The third-order valence-electron chi connectivity index (χ3n) is 2.92. The minimum Gasteiger partial charge on any atom is -0.355 e. The predicted octanol–water partition coefficient (Wildman–Crippen LogP) is 0.270. The van der Waals surface area contributed by atoms with Gasteiger partial charge in [-0.05, 0) is 31.2 Å². The topological polar surface area (TPSA) is 101 Å². The molecule has 1 aromatic rings. The summed E-state index contributed by atoms with van der Waals surface area (Å²) in [6.07, 6.45) is 0.642. The van der Waals surface area contributed by atoms with Crippen molar-refractivity contribution in [2.45, 2.75) is 18.2 Å². The van der Waals surface area contributed by atoms with E-state index in [1.807, 2.05) is 6.92 Å². The molecule has 120 valence electrons. The summed E-state index contributed by atoms with van der Waals surface area (Å²) in [5, 5.41) is 10.8. The average molecular weight is 336 g/mol. The molecule has 0 fully saturated rings. The molecule has 0 aliphatic rings. The second-order valence-corrected chi connectivity index (χ2v) is 6.25. The Bertz CT molecular complexity index is 546. The zero-order valence-corrected chi connectivity index (χ0v) is 13.8. The SMILES string of the molecule is CNCC(C)C(=O)NCCc1ccc(S(N)(=O)=O)cc1.Cl. The van der Waals surface area contributed by atoms with Gasteiger partial charge in [0.1, 0.15) is 0 Å². The molecule has 0 aromatic heterocycles. The maximum absolute atomic E-state index is 11.7. The number of carbonyl (C=O) groups is 1. The number of halogens is 1. The van der Waals surface area contributed by atoms with E-state index in [2.05, 4.69) is 10.6 Å². The summed E-state index contributed by atoms with van der Waals surface area (Å²) in [5.74, 6) is -0.0785. The van der Waals surface area contributed by atoms with Gasteiger partial charge in [-0.1, -0.05) is 19.1 Å². The number of hydrogen-bond donors (Lipinski definition) is 3. The summed E-state index contributed by atoms with van der Waals surface area (Å²) in [6, 6.07) is 6.33. The van der Waals surface area contributed by atoms with Crippen LogP contribution in [0.15, 0.2) is 29.2 Å². The van der Waals surface area contributed by atoms with Crippen molar-refractivity contribution in [3.05, 3.63) is 29.8 Å². The first-order valence-electron chi connectivity index (χ1n) is 6.38. The van der Waals surface area contributed by atoms with Crippen LogP contribution in [0.2, 0.25) is 0 Å². The highest BCUT2D eigenvalue weighted by Crippen LogP contribution is 2.08. The van der Waals surface area contributed by atoms with Crippen molar-refractivity contribution in [3.63, 3.8) is 0 Å². The molecule has 0 saturated carbocycles. The lowest BCUT2D eigenvalue weighted by atomic mass is 10.1. The van der Waals surface area contributed by atoms with Crippen molar-refractivity contribution in [3.8, 4) is 0 Å². The van der Waals surface area contributed by atoms with E-state index in [0.717, 1.165) is 5.56 Å². The van der Waals surface area contributed by atoms with Gasteiger partial charge in [-0.25, -0.2) is 13.6 Å². The van der Waals surface area contributed by atoms with Crippen LogP contribution in [0.4, 0.5) is 0 Å². The third kappa shape index (κ3) is 6.90. The van der Waals surface area contributed by atoms with Crippen molar-refractivity contribution in [1.29, 1.82) is 0 Å². The monoisotopic (exact) mass is 335 g/mol. The molecule has 0 aliphatic carbocycles. The number of nitrogens with two attached hydrogens (primary N) is 1. The van der Waals surface area contributed by atoms with E-state index >= 15 is 0 Å². The minimum absolute atomic E-state index is 0. The normalized spacial score (nSPS) is 12.3. The maximum Gasteiger partial charge on any atom is 0.238 e. The molecule has 1 unspecified atom stereocenters. The number of hydrogen-bond acceptors (Lipinski definition) is 4. The number of rotatable bonds is 7. The molecule has 1 rings (SSSR count). The highest BCUT2D eigenvalue weighted by atomic mass is 35.5. The van der Waals surface area contributed by atoms with Gasteiger partial charge in [-0.2, -0.15) is 0 Å². The summed E-state index contributed by atoms with van der Waals surface area (Å²) in [7, 11) is -1.85. The number of carbonyl (C=O) groups excluding carboxylic acids is 1. The number of benzene rings is 1. The summed E-state index contributed by atoms with van der Waals surface area (Å²) in [5.41, 5.74) is 0.943. The molecule has 0 aliphatic heterocycles. The molecule has 0 saturated heterocycles. The van der Waals surface area contributed by atoms with Crippen LogP contribution < -0.4 is 15.8 Å². The fraction of sp³-hybridized carbons (Fsp3) is 0.462. The highest BCUT2D eigenvalue weighted by molar-refractivity contribution is 7.89. The van der Waals surface area contributed by atoms with Crippen LogP contribution in [-0.2, 0) is 21.2 Å². The molecule has 21 heavy (non-hydrogen) atoms. The summed E-state index contributed by atoms with van der Waals surface area (Å²) >= 11 is 0. The van der Waals surface area contributed by atoms with E-state index < -0.39 is 10.0 Å². The van der Waals surface area contributed by atoms with Crippen LogP contribution >= 0.6 is 12.4 Å². The van der Waals surface area contributed by atoms with Gasteiger partial charge in [0.25, 0.3) is 0 Å². The predicted molar refractivity (Wildman–Crippen MR) is 84.9 cm³/mol. The minimum atomic E-state index is -3.65. The smallest absolute Gasteiger partial charge is 0.238 e. The zero-order valence-electron chi connectivity index (χ0n) is 12.1. The summed E-state index contributed by atoms with van der Waals surface area (Å²) in [6.45, 7) is 3.00. The van der Waals surface area contributed by atoms with Gasteiger partial charge >= 0.3 is 0 Å². The van der Waals surface area contributed by atoms with Crippen LogP contribution in [0.25, 0.3) is 0 Å². The van der Waals surface area contributed by atoms with E-state index in [1.54, 1.807) is 19.2 Å². The lowest BCUT2D eigenvalue weighted by molar-refractivity contribution is -0.124. The number of sulfonamides is 1.